The highest BCUT2D eigenvalue weighted by Crippen LogP contribution is 2.29. The summed E-state index contributed by atoms with van der Waals surface area (Å²) in [5.41, 5.74) is 0.0415. The predicted octanol–water partition coefficient (Wildman–Crippen LogP) is 2.95. The summed E-state index contributed by atoms with van der Waals surface area (Å²) < 4.78 is 37.3. The van der Waals surface area contributed by atoms with E-state index >= 15 is 0 Å². The Morgan fingerprint density at radius 3 is 2.30 bits per heavy atom. The fourth-order valence-electron chi connectivity index (χ4n) is 2.18. The molecule has 7 heteroatoms. The van der Waals surface area contributed by atoms with Gasteiger partial charge in [-0.25, -0.2) is 4.79 Å². The van der Waals surface area contributed by atoms with E-state index in [1.807, 2.05) is 6.92 Å². The molecule has 130 valence electrons. The number of amides is 2. The molecule has 0 aliphatic carbocycles. The van der Waals surface area contributed by atoms with Crippen molar-refractivity contribution < 1.29 is 23.1 Å². The molecule has 2 amide bonds. The second kappa shape index (κ2) is 8.76. The second-order valence-electron chi connectivity index (χ2n) is 5.77. The number of rotatable bonds is 7. The van der Waals surface area contributed by atoms with E-state index in [-0.39, 0.29) is 11.9 Å². The summed E-state index contributed by atoms with van der Waals surface area (Å²) in [5.74, 6) is 0.163. The van der Waals surface area contributed by atoms with E-state index in [4.69, 9.17) is 0 Å². The fraction of sp³-hybridized carbons (Fsp3) is 0.562. The largest absolute Gasteiger partial charge is 0.416 e. The average molecular weight is 332 g/mol. The quantitative estimate of drug-likeness (QED) is 0.719. The number of aliphatic hydroxyl groups is 1. The summed E-state index contributed by atoms with van der Waals surface area (Å²) >= 11 is 0. The van der Waals surface area contributed by atoms with E-state index in [0.29, 0.717) is 25.9 Å². The first-order valence-corrected chi connectivity index (χ1v) is 7.54. The first-order valence-electron chi connectivity index (χ1n) is 7.54. The number of aliphatic hydroxyl groups excluding tert-OH is 1. The smallest absolute Gasteiger partial charge is 0.393 e. The van der Waals surface area contributed by atoms with Crippen LogP contribution in [-0.2, 0) is 12.6 Å². The number of benzene rings is 1. The topological polar surface area (TPSA) is 61.4 Å². The first kappa shape index (κ1) is 19.3. The fourth-order valence-corrected chi connectivity index (χ4v) is 2.18. The van der Waals surface area contributed by atoms with Crippen molar-refractivity contribution in [3.63, 3.8) is 0 Å². The molecule has 0 heterocycles. The lowest BCUT2D eigenvalue weighted by Crippen LogP contribution is -2.39. The molecule has 0 saturated heterocycles. The van der Waals surface area contributed by atoms with Gasteiger partial charge in [0.25, 0.3) is 0 Å². The van der Waals surface area contributed by atoms with Crippen molar-refractivity contribution >= 4 is 6.03 Å². The van der Waals surface area contributed by atoms with Gasteiger partial charge in [-0.15, -0.1) is 0 Å². The van der Waals surface area contributed by atoms with Crippen molar-refractivity contribution in [1.29, 1.82) is 0 Å². The van der Waals surface area contributed by atoms with Crippen LogP contribution in [-0.4, -0.2) is 30.3 Å². The van der Waals surface area contributed by atoms with Gasteiger partial charge in [0.15, 0.2) is 0 Å². The van der Waals surface area contributed by atoms with Gasteiger partial charge in [-0.2, -0.15) is 13.2 Å². The van der Waals surface area contributed by atoms with Crippen molar-refractivity contribution in [3.05, 3.63) is 35.4 Å². The first-order chi connectivity index (χ1) is 10.7. The molecular weight excluding hydrogens is 309 g/mol. The van der Waals surface area contributed by atoms with Gasteiger partial charge in [0.05, 0.1) is 11.7 Å². The van der Waals surface area contributed by atoms with E-state index in [1.54, 1.807) is 6.92 Å². The lowest BCUT2D eigenvalue weighted by atomic mass is 10.1. The summed E-state index contributed by atoms with van der Waals surface area (Å²) in [4.78, 5) is 11.6. The van der Waals surface area contributed by atoms with E-state index in [2.05, 4.69) is 10.6 Å². The Morgan fingerprint density at radius 1 is 1.17 bits per heavy atom. The zero-order chi connectivity index (χ0) is 17.5. The molecule has 1 aromatic carbocycles. The zero-order valence-electron chi connectivity index (χ0n) is 13.3. The maximum atomic E-state index is 12.4. The molecule has 0 saturated carbocycles. The molecule has 0 aliphatic heterocycles. The van der Waals surface area contributed by atoms with Gasteiger partial charge in [-0.05, 0) is 43.4 Å². The third-order valence-electron chi connectivity index (χ3n) is 3.34. The summed E-state index contributed by atoms with van der Waals surface area (Å²) in [6.45, 7) is 4.41. The van der Waals surface area contributed by atoms with Gasteiger partial charge in [0, 0.05) is 13.1 Å². The van der Waals surface area contributed by atoms with Gasteiger partial charge >= 0.3 is 12.2 Å². The average Bonchev–Trinajstić information content (AvgIpc) is 2.44. The summed E-state index contributed by atoms with van der Waals surface area (Å²) in [6, 6.07) is 4.56. The van der Waals surface area contributed by atoms with Crippen LogP contribution in [0, 0.1) is 5.92 Å². The summed E-state index contributed by atoms with van der Waals surface area (Å²) in [6.07, 6.45) is -3.69. The molecule has 2 atom stereocenters. The highest BCUT2D eigenvalue weighted by Gasteiger charge is 2.29. The molecule has 0 fully saturated rings. The summed E-state index contributed by atoms with van der Waals surface area (Å²) in [5, 5.41) is 14.6. The normalized spacial score (nSPS) is 14.2. The van der Waals surface area contributed by atoms with Crippen molar-refractivity contribution in [2.45, 2.75) is 39.0 Å². The Morgan fingerprint density at radius 2 is 1.78 bits per heavy atom. The number of hydrogen-bond acceptors (Lipinski definition) is 2. The van der Waals surface area contributed by atoms with Crippen LogP contribution in [0.4, 0.5) is 18.0 Å². The number of carbonyl (C=O) groups excluding carboxylic acids is 1. The van der Waals surface area contributed by atoms with Crippen LogP contribution in [0.25, 0.3) is 0 Å². The Labute approximate surface area is 134 Å². The third-order valence-corrected chi connectivity index (χ3v) is 3.34. The Balaban J connectivity index is 2.27. The van der Waals surface area contributed by atoms with E-state index in [0.717, 1.165) is 17.7 Å². The van der Waals surface area contributed by atoms with Crippen LogP contribution in [0.15, 0.2) is 24.3 Å². The monoisotopic (exact) mass is 332 g/mol. The van der Waals surface area contributed by atoms with Crippen LogP contribution in [0.3, 0.4) is 0 Å². The molecule has 0 spiro atoms. The number of alkyl halides is 3. The minimum atomic E-state index is -4.33. The van der Waals surface area contributed by atoms with Crippen LogP contribution >= 0.6 is 0 Å². The van der Waals surface area contributed by atoms with Gasteiger partial charge < -0.3 is 15.7 Å². The Bertz CT molecular complexity index is 487. The minimum Gasteiger partial charge on any atom is -0.393 e. The molecule has 1 aromatic rings. The number of halogens is 3. The molecule has 1 rings (SSSR count). The highest BCUT2D eigenvalue weighted by atomic mass is 19.4. The van der Waals surface area contributed by atoms with Gasteiger partial charge in [0.1, 0.15) is 0 Å². The van der Waals surface area contributed by atoms with Crippen LogP contribution in [0.5, 0.6) is 0 Å². The van der Waals surface area contributed by atoms with Crippen molar-refractivity contribution in [2.75, 3.05) is 13.1 Å². The molecule has 0 aromatic heterocycles. The molecular formula is C16H23F3N2O2. The van der Waals surface area contributed by atoms with E-state index in [1.165, 1.54) is 12.1 Å². The number of hydrogen-bond donors (Lipinski definition) is 3. The number of carbonyl (C=O) groups is 1. The number of nitrogens with one attached hydrogen (secondary N) is 2. The molecule has 0 radical (unpaired) electrons. The molecule has 3 N–H and O–H groups in total. The van der Waals surface area contributed by atoms with E-state index < -0.39 is 17.8 Å². The summed E-state index contributed by atoms with van der Waals surface area (Å²) in [7, 11) is 0. The zero-order valence-corrected chi connectivity index (χ0v) is 13.3. The molecule has 0 aliphatic rings. The minimum absolute atomic E-state index is 0.163. The molecule has 2 unspecified atom stereocenters. The highest BCUT2D eigenvalue weighted by molar-refractivity contribution is 5.73. The predicted molar refractivity (Wildman–Crippen MR) is 82.0 cm³/mol. The SMILES string of the molecule is CC(O)CC(C)CNC(=O)NCCc1ccc(C(F)(F)F)cc1. The van der Waals surface area contributed by atoms with E-state index in [9.17, 15) is 23.1 Å². The maximum Gasteiger partial charge on any atom is 0.416 e. The lowest BCUT2D eigenvalue weighted by Gasteiger charge is -2.14. The Hall–Kier alpha value is -1.76. The number of urea groups is 1. The van der Waals surface area contributed by atoms with Crippen LogP contribution in [0.1, 0.15) is 31.4 Å². The standard InChI is InChI=1S/C16H23F3N2O2/c1-11(9-12(2)22)10-21-15(23)20-8-7-13-3-5-14(6-4-13)16(17,18)19/h3-6,11-12,22H,7-10H2,1-2H3,(H2,20,21,23). The Kier molecular flexibility index (Phi) is 7.35. The van der Waals surface area contributed by atoms with Crippen molar-refractivity contribution in [2.24, 2.45) is 5.92 Å². The molecule has 4 nitrogen and oxygen atoms in total. The van der Waals surface area contributed by atoms with Crippen molar-refractivity contribution in [1.82, 2.24) is 10.6 Å². The van der Waals surface area contributed by atoms with Gasteiger partial charge in [0.2, 0.25) is 0 Å². The molecule has 23 heavy (non-hydrogen) atoms. The third kappa shape index (κ3) is 7.88. The van der Waals surface area contributed by atoms with Gasteiger partial charge in [-0.3, -0.25) is 0 Å². The second-order valence-corrected chi connectivity index (χ2v) is 5.77. The molecule has 0 bridgehead atoms. The van der Waals surface area contributed by atoms with Crippen LogP contribution < -0.4 is 10.6 Å². The maximum absolute atomic E-state index is 12.4. The lowest BCUT2D eigenvalue weighted by molar-refractivity contribution is -0.137. The van der Waals surface area contributed by atoms with Crippen LogP contribution in [0.2, 0.25) is 0 Å². The van der Waals surface area contributed by atoms with Gasteiger partial charge in [-0.1, -0.05) is 19.1 Å². The van der Waals surface area contributed by atoms with Crippen molar-refractivity contribution in [3.8, 4) is 0 Å².